The molecule has 2 rings (SSSR count). The quantitative estimate of drug-likeness (QED) is 0.809. The van der Waals surface area contributed by atoms with Crippen molar-refractivity contribution >= 4 is 29.2 Å². The molecule has 2 aromatic rings. The van der Waals surface area contributed by atoms with Crippen molar-refractivity contribution < 1.29 is 19.1 Å². The number of hydrogen-bond acceptors (Lipinski definition) is 4. The van der Waals surface area contributed by atoms with Crippen molar-refractivity contribution in [2.24, 2.45) is 0 Å². The van der Waals surface area contributed by atoms with Gasteiger partial charge in [-0.2, -0.15) is 0 Å². The van der Waals surface area contributed by atoms with E-state index in [1.165, 1.54) is 6.07 Å². The number of benzene rings is 2. The molecule has 1 N–H and O–H groups in total. The number of nitrogens with one attached hydrogen (secondary N) is 1. The maximum atomic E-state index is 12.2. The lowest BCUT2D eigenvalue weighted by molar-refractivity contribution is -0.115. The van der Waals surface area contributed by atoms with Crippen LogP contribution in [0.5, 0.6) is 5.75 Å². The van der Waals surface area contributed by atoms with E-state index in [1.54, 1.807) is 38.3 Å². The number of halogens is 1. The fourth-order valence-electron chi connectivity index (χ4n) is 2.09. The third-order valence-electron chi connectivity index (χ3n) is 3.28. The molecule has 1 amide bonds. The highest BCUT2D eigenvalue weighted by Crippen LogP contribution is 2.24. The molecule has 6 heteroatoms. The fourth-order valence-corrected chi connectivity index (χ4v) is 2.25. The van der Waals surface area contributed by atoms with Crippen LogP contribution in [-0.2, 0) is 16.0 Å². The molecule has 0 aromatic heterocycles. The summed E-state index contributed by atoms with van der Waals surface area (Å²) in [5.74, 6) is 0.0345. The highest BCUT2D eigenvalue weighted by Gasteiger charge is 2.12. The molecular formula is C18H18ClNO4. The van der Waals surface area contributed by atoms with Gasteiger partial charge >= 0.3 is 5.97 Å². The van der Waals surface area contributed by atoms with Crippen LogP contribution in [-0.4, -0.2) is 25.6 Å². The van der Waals surface area contributed by atoms with E-state index in [1.807, 2.05) is 12.1 Å². The first-order valence-electron chi connectivity index (χ1n) is 7.43. The molecule has 126 valence electrons. The van der Waals surface area contributed by atoms with Gasteiger partial charge in [0.15, 0.2) is 0 Å². The molecule has 0 fully saturated rings. The van der Waals surface area contributed by atoms with Crippen LogP contribution in [0.4, 0.5) is 5.69 Å². The first-order chi connectivity index (χ1) is 11.5. The minimum Gasteiger partial charge on any atom is -0.497 e. The first-order valence-corrected chi connectivity index (χ1v) is 7.80. The minimum absolute atomic E-state index is 0.184. The van der Waals surface area contributed by atoms with Gasteiger partial charge in [0.05, 0.1) is 36.4 Å². The summed E-state index contributed by atoms with van der Waals surface area (Å²) in [6.07, 6.45) is 0.184. The summed E-state index contributed by atoms with van der Waals surface area (Å²) in [5.41, 5.74) is 1.55. The number of rotatable bonds is 6. The average molecular weight is 348 g/mol. The Morgan fingerprint density at radius 3 is 2.46 bits per heavy atom. The molecule has 0 heterocycles. The average Bonchev–Trinajstić information content (AvgIpc) is 2.57. The highest BCUT2D eigenvalue weighted by molar-refractivity contribution is 6.33. The Kier molecular flexibility index (Phi) is 6.21. The van der Waals surface area contributed by atoms with Crippen LogP contribution in [0.3, 0.4) is 0 Å². The summed E-state index contributed by atoms with van der Waals surface area (Å²) in [6, 6.07) is 11.8. The number of anilines is 1. The number of ether oxygens (including phenoxy) is 2. The maximum absolute atomic E-state index is 12.2. The smallest absolute Gasteiger partial charge is 0.338 e. The number of hydrogen-bond donors (Lipinski definition) is 1. The van der Waals surface area contributed by atoms with Crippen molar-refractivity contribution in [2.75, 3.05) is 19.0 Å². The van der Waals surface area contributed by atoms with Crippen molar-refractivity contribution in [1.29, 1.82) is 0 Å². The number of amides is 1. The molecule has 0 radical (unpaired) electrons. The molecule has 0 aliphatic heterocycles. The van der Waals surface area contributed by atoms with Crippen LogP contribution in [0.1, 0.15) is 22.8 Å². The molecule has 0 saturated heterocycles. The second-order valence-electron chi connectivity index (χ2n) is 4.99. The third-order valence-corrected chi connectivity index (χ3v) is 3.60. The lowest BCUT2D eigenvalue weighted by Gasteiger charge is -2.10. The number of methoxy groups -OCH3 is 1. The van der Waals surface area contributed by atoms with Crippen LogP contribution in [0.2, 0.25) is 5.02 Å². The van der Waals surface area contributed by atoms with Gasteiger partial charge in [-0.05, 0) is 42.8 Å². The van der Waals surface area contributed by atoms with Gasteiger partial charge in [0.1, 0.15) is 5.75 Å². The zero-order valence-electron chi connectivity index (χ0n) is 13.5. The molecule has 0 atom stereocenters. The molecule has 0 aliphatic carbocycles. The normalized spacial score (nSPS) is 10.1. The van der Waals surface area contributed by atoms with Gasteiger partial charge in [0.25, 0.3) is 0 Å². The maximum Gasteiger partial charge on any atom is 0.338 e. The SMILES string of the molecule is CCOC(=O)c1ccc(Cl)c(NC(=O)Cc2ccc(OC)cc2)c1. The van der Waals surface area contributed by atoms with Crippen molar-refractivity contribution in [3.05, 3.63) is 58.6 Å². The summed E-state index contributed by atoms with van der Waals surface area (Å²) >= 11 is 6.08. The Bertz CT molecular complexity index is 728. The van der Waals surface area contributed by atoms with E-state index < -0.39 is 5.97 Å². The Morgan fingerprint density at radius 1 is 1.12 bits per heavy atom. The lowest BCUT2D eigenvalue weighted by atomic mass is 10.1. The Hall–Kier alpha value is -2.53. The van der Waals surface area contributed by atoms with Crippen LogP contribution in [0.15, 0.2) is 42.5 Å². The summed E-state index contributed by atoms with van der Waals surface area (Å²) in [5, 5.41) is 3.07. The second-order valence-corrected chi connectivity index (χ2v) is 5.40. The second kappa shape index (κ2) is 8.36. The minimum atomic E-state index is -0.458. The van der Waals surface area contributed by atoms with Gasteiger partial charge < -0.3 is 14.8 Å². The predicted molar refractivity (Wildman–Crippen MR) is 92.7 cm³/mol. The fraction of sp³-hybridized carbons (Fsp3) is 0.222. The summed E-state index contributed by atoms with van der Waals surface area (Å²) in [6.45, 7) is 2.01. The Balaban J connectivity index is 2.07. The van der Waals surface area contributed by atoms with Gasteiger partial charge in [-0.3, -0.25) is 4.79 Å². The Morgan fingerprint density at radius 2 is 1.83 bits per heavy atom. The van der Waals surface area contributed by atoms with Gasteiger partial charge in [0.2, 0.25) is 5.91 Å². The molecule has 2 aromatic carbocycles. The molecule has 0 aliphatic rings. The monoisotopic (exact) mass is 347 g/mol. The molecule has 5 nitrogen and oxygen atoms in total. The standard InChI is InChI=1S/C18H18ClNO4/c1-3-24-18(22)13-6-9-15(19)16(11-13)20-17(21)10-12-4-7-14(23-2)8-5-12/h4-9,11H,3,10H2,1-2H3,(H,20,21). The van der Waals surface area contributed by atoms with Gasteiger partial charge in [-0.15, -0.1) is 0 Å². The first kappa shape index (κ1) is 17.8. The molecule has 0 unspecified atom stereocenters. The van der Waals surface area contributed by atoms with Crippen LogP contribution in [0, 0.1) is 0 Å². The largest absolute Gasteiger partial charge is 0.497 e. The van der Waals surface area contributed by atoms with E-state index in [0.717, 1.165) is 11.3 Å². The van der Waals surface area contributed by atoms with Crippen molar-refractivity contribution in [3.8, 4) is 5.75 Å². The predicted octanol–water partition coefficient (Wildman–Crippen LogP) is 3.71. The lowest BCUT2D eigenvalue weighted by Crippen LogP contribution is -2.15. The van der Waals surface area contributed by atoms with E-state index in [2.05, 4.69) is 5.32 Å². The zero-order valence-corrected chi connectivity index (χ0v) is 14.2. The van der Waals surface area contributed by atoms with Crippen LogP contribution in [0.25, 0.3) is 0 Å². The number of carbonyl (C=O) groups is 2. The van der Waals surface area contributed by atoms with E-state index in [-0.39, 0.29) is 18.9 Å². The molecule has 0 saturated carbocycles. The van der Waals surface area contributed by atoms with E-state index >= 15 is 0 Å². The zero-order chi connectivity index (χ0) is 17.5. The topological polar surface area (TPSA) is 64.6 Å². The van der Waals surface area contributed by atoms with E-state index in [9.17, 15) is 9.59 Å². The van der Waals surface area contributed by atoms with E-state index in [4.69, 9.17) is 21.1 Å². The van der Waals surface area contributed by atoms with Crippen LogP contribution < -0.4 is 10.1 Å². The number of carbonyl (C=O) groups excluding carboxylic acids is 2. The molecule has 24 heavy (non-hydrogen) atoms. The Labute approximate surface area is 145 Å². The van der Waals surface area contributed by atoms with Gasteiger partial charge in [-0.1, -0.05) is 23.7 Å². The molecule has 0 spiro atoms. The summed E-state index contributed by atoms with van der Waals surface area (Å²) in [7, 11) is 1.58. The van der Waals surface area contributed by atoms with Crippen molar-refractivity contribution in [3.63, 3.8) is 0 Å². The van der Waals surface area contributed by atoms with Gasteiger partial charge in [-0.25, -0.2) is 4.79 Å². The summed E-state index contributed by atoms with van der Waals surface area (Å²) in [4.78, 5) is 23.9. The molecule has 0 bridgehead atoms. The number of esters is 1. The van der Waals surface area contributed by atoms with E-state index in [0.29, 0.717) is 16.3 Å². The highest BCUT2D eigenvalue weighted by atomic mass is 35.5. The van der Waals surface area contributed by atoms with Crippen molar-refractivity contribution in [2.45, 2.75) is 13.3 Å². The van der Waals surface area contributed by atoms with Gasteiger partial charge in [0, 0.05) is 0 Å². The van der Waals surface area contributed by atoms with Crippen molar-refractivity contribution in [1.82, 2.24) is 0 Å². The molecular weight excluding hydrogens is 330 g/mol. The van der Waals surface area contributed by atoms with Crippen LogP contribution >= 0.6 is 11.6 Å². The summed E-state index contributed by atoms with van der Waals surface area (Å²) < 4.78 is 10.0. The third kappa shape index (κ3) is 4.73.